The van der Waals surface area contributed by atoms with E-state index >= 15 is 0 Å². The van der Waals surface area contributed by atoms with Gasteiger partial charge in [0.2, 0.25) is 0 Å². The molecule has 0 aromatic carbocycles. The summed E-state index contributed by atoms with van der Waals surface area (Å²) in [6.45, 7) is 1.78. The molecule has 2 atom stereocenters. The van der Waals surface area contributed by atoms with E-state index in [0.29, 0.717) is 12.0 Å². The maximum Gasteiger partial charge on any atom is 0.0512 e. The smallest absolute Gasteiger partial charge is 0.0512 e. The second kappa shape index (κ2) is 5.24. The van der Waals surface area contributed by atoms with Gasteiger partial charge in [-0.15, -0.1) is 0 Å². The van der Waals surface area contributed by atoms with Crippen LogP contribution in [0.2, 0.25) is 0 Å². The molecule has 1 fully saturated rings. The van der Waals surface area contributed by atoms with Gasteiger partial charge >= 0.3 is 0 Å². The highest BCUT2D eigenvalue weighted by Gasteiger charge is 2.24. The summed E-state index contributed by atoms with van der Waals surface area (Å²) < 4.78 is 5.53. The van der Waals surface area contributed by atoms with Gasteiger partial charge in [-0.25, -0.2) is 0 Å². The van der Waals surface area contributed by atoms with Gasteiger partial charge in [-0.3, -0.25) is 4.98 Å². The Morgan fingerprint density at radius 2 is 2.53 bits per heavy atom. The molecule has 1 saturated heterocycles. The lowest BCUT2D eigenvalue weighted by atomic mass is 9.89. The summed E-state index contributed by atoms with van der Waals surface area (Å²) >= 11 is 0. The molecule has 1 aromatic rings. The van der Waals surface area contributed by atoms with Gasteiger partial charge in [0, 0.05) is 31.0 Å². The molecule has 0 amide bonds. The van der Waals surface area contributed by atoms with Crippen LogP contribution in [0.15, 0.2) is 24.5 Å². The number of nitrogens with zero attached hydrogens (tertiary/aromatic N) is 1. The van der Waals surface area contributed by atoms with E-state index in [1.54, 1.807) is 0 Å². The molecule has 1 N–H and O–H groups in total. The van der Waals surface area contributed by atoms with Crippen molar-refractivity contribution in [2.45, 2.75) is 18.9 Å². The van der Waals surface area contributed by atoms with Gasteiger partial charge in [-0.05, 0) is 31.5 Å². The fourth-order valence-electron chi connectivity index (χ4n) is 2.26. The summed E-state index contributed by atoms with van der Waals surface area (Å²) in [5.74, 6) is 0.577. The molecule has 3 nitrogen and oxygen atoms in total. The number of nitrogens with one attached hydrogen (secondary N) is 1. The SMILES string of the molecule is CNC(c1cccnc1)C1CCCOC1. The number of aromatic nitrogens is 1. The summed E-state index contributed by atoms with van der Waals surface area (Å²) in [4.78, 5) is 4.17. The van der Waals surface area contributed by atoms with Gasteiger partial charge in [0.05, 0.1) is 6.61 Å². The maximum absolute atomic E-state index is 5.53. The molecule has 2 heterocycles. The standard InChI is InChI=1S/C12H18N2O/c1-13-12(10-4-2-6-14-8-10)11-5-3-7-15-9-11/h2,4,6,8,11-13H,3,5,7,9H2,1H3. The second-order valence-electron chi connectivity index (χ2n) is 4.03. The first-order valence-electron chi connectivity index (χ1n) is 5.56. The van der Waals surface area contributed by atoms with Crippen LogP contribution >= 0.6 is 0 Å². The van der Waals surface area contributed by atoms with E-state index in [1.165, 1.54) is 18.4 Å². The molecule has 0 aliphatic carbocycles. The number of hydrogen-bond acceptors (Lipinski definition) is 3. The lowest BCUT2D eigenvalue weighted by Gasteiger charge is -2.30. The summed E-state index contributed by atoms with van der Waals surface area (Å²) in [6, 6.07) is 4.49. The van der Waals surface area contributed by atoms with E-state index in [1.807, 2.05) is 25.5 Å². The van der Waals surface area contributed by atoms with E-state index in [4.69, 9.17) is 4.74 Å². The molecule has 0 saturated carbocycles. The first-order valence-corrected chi connectivity index (χ1v) is 5.56. The van der Waals surface area contributed by atoms with Crippen molar-refractivity contribution in [1.29, 1.82) is 0 Å². The average molecular weight is 206 g/mol. The van der Waals surface area contributed by atoms with Gasteiger partial charge < -0.3 is 10.1 Å². The van der Waals surface area contributed by atoms with Crippen LogP contribution < -0.4 is 5.32 Å². The number of hydrogen-bond donors (Lipinski definition) is 1. The Hall–Kier alpha value is -0.930. The third kappa shape index (κ3) is 2.55. The normalized spacial score (nSPS) is 23.7. The minimum Gasteiger partial charge on any atom is -0.381 e. The van der Waals surface area contributed by atoms with E-state index in [9.17, 15) is 0 Å². The Balaban J connectivity index is 2.09. The van der Waals surface area contributed by atoms with Crippen molar-refractivity contribution < 1.29 is 4.74 Å². The minimum atomic E-state index is 0.374. The molecule has 0 radical (unpaired) electrons. The van der Waals surface area contributed by atoms with Gasteiger partial charge in [-0.2, -0.15) is 0 Å². The quantitative estimate of drug-likeness (QED) is 0.818. The van der Waals surface area contributed by atoms with Crippen LogP contribution in [0.1, 0.15) is 24.4 Å². The van der Waals surface area contributed by atoms with Gasteiger partial charge in [0.1, 0.15) is 0 Å². The summed E-state index contributed by atoms with van der Waals surface area (Å²) in [5, 5.41) is 3.37. The molecule has 1 aliphatic rings. The molecule has 0 spiro atoms. The molecule has 0 bridgehead atoms. The molecule has 3 heteroatoms. The first-order chi connectivity index (χ1) is 7.42. The summed E-state index contributed by atoms with van der Waals surface area (Å²) in [6.07, 6.45) is 6.16. The van der Waals surface area contributed by atoms with Gasteiger partial charge in [0.25, 0.3) is 0 Å². The predicted molar refractivity (Wildman–Crippen MR) is 59.6 cm³/mol. The number of pyridine rings is 1. The van der Waals surface area contributed by atoms with Crippen LogP contribution in [0.25, 0.3) is 0 Å². The highest BCUT2D eigenvalue weighted by Crippen LogP contribution is 2.27. The summed E-state index contributed by atoms with van der Waals surface area (Å²) in [7, 11) is 2.01. The molecular formula is C12H18N2O. The van der Waals surface area contributed by atoms with Crippen LogP contribution in [0.5, 0.6) is 0 Å². The van der Waals surface area contributed by atoms with Crippen LogP contribution in [-0.4, -0.2) is 25.2 Å². The first kappa shape index (κ1) is 10.6. The highest BCUT2D eigenvalue weighted by atomic mass is 16.5. The fraction of sp³-hybridized carbons (Fsp3) is 0.583. The van der Waals surface area contributed by atoms with E-state index < -0.39 is 0 Å². The Kier molecular flexibility index (Phi) is 3.69. The highest BCUT2D eigenvalue weighted by molar-refractivity contribution is 5.15. The second-order valence-corrected chi connectivity index (χ2v) is 4.03. The lowest BCUT2D eigenvalue weighted by molar-refractivity contribution is 0.0401. The van der Waals surface area contributed by atoms with Crippen LogP contribution in [0, 0.1) is 5.92 Å². The zero-order valence-corrected chi connectivity index (χ0v) is 9.15. The molecule has 15 heavy (non-hydrogen) atoms. The molecule has 1 aromatic heterocycles. The number of rotatable bonds is 3. The van der Waals surface area contributed by atoms with Crippen LogP contribution in [-0.2, 0) is 4.74 Å². The van der Waals surface area contributed by atoms with Gasteiger partial charge in [0.15, 0.2) is 0 Å². The van der Waals surface area contributed by atoms with Crippen molar-refractivity contribution in [3.05, 3.63) is 30.1 Å². The zero-order chi connectivity index (χ0) is 10.5. The number of ether oxygens (including phenoxy) is 1. The molecular weight excluding hydrogens is 188 g/mol. The Bertz CT molecular complexity index is 283. The van der Waals surface area contributed by atoms with Gasteiger partial charge in [-0.1, -0.05) is 6.07 Å². The lowest BCUT2D eigenvalue weighted by Crippen LogP contribution is -2.31. The average Bonchev–Trinajstić information content (AvgIpc) is 2.33. The van der Waals surface area contributed by atoms with Crippen molar-refractivity contribution in [1.82, 2.24) is 10.3 Å². The Labute approximate surface area is 90.9 Å². The van der Waals surface area contributed by atoms with E-state index in [0.717, 1.165) is 13.2 Å². The van der Waals surface area contributed by atoms with E-state index in [2.05, 4.69) is 16.4 Å². The van der Waals surface area contributed by atoms with Crippen LogP contribution in [0.4, 0.5) is 0 Å². The van der Waals surface area contributed by atoms with Crippen LogP contribution in [0.3, 0.4) is 0 Å². The monoisotopic (exact) mass is 206 g/mol. The van der Waals surface area contributed by atoms with Crippen molar-refractivity contribution >= 4 is 0 Å². The topological polar surface area (TPSA) is 34.2 Å². The molecule has 2 rings (SSSR count). The minimum absolute atomic E-state index is 0.374. The van der Waals surface area contributed by atoms with E-state index in [-0.39, 0.29) is 0 Å². The third-order valence-corrected chi connectivity index (χ3v) is 3.02. The maximum atomic E-state index is 5.53. The van der Waals surface area contributed by atoms with Crippen molar-refractivity contribution in [2.75, 3.05) is 20.3 Å². The Morgan fingerprint density at radius 3 is 3.13 bits per heavy atom. The van der Waals surface area contributed by atoms with Crippen molar-refractivity contribution in [2.24, 2.45) is 5.92 Å². The fourth-order valence-corrected chi connectivity index (χ4v) is 2.26. The van der Waals surface area contributed by atoms with Crippen molar-refractivity contribution in [3.8, 4) is 0 Å². The third-order valence-electron chi connectivity index (χ3n) is 3.02. The molecule has 82 valence electrons. The zero-order valence-electron chi connectivity index (χ0n) is 9.15. The predicted octanol–water partition coefficient (Wildman–Crippen LogP) is 1.77. The van der Waals surface area contributed by atoms with Crippen molar-refractivity contribution in [3.63, 3.8) is 0 Å². The summed E-state index contributed by atoms with van der Waals surface area (Å²) in [5.41, 5.74) is 1.26. The Morgan fingerprint density at radius 1 is 1.60 bits per heavy atom. The molecule has 1 aliphatic heterocycles. The molecule has 2 unspecified atom stereocenters. The largest absolute Gasteiger partial charge is 0.381 e.